The number of rotatable bonds is 16. The molecule has 0 radical (unpaired) electrons. The van der Waals surface area contributed by atoms with Crippen molar-refractivity contribution in [3.63, 3.8) is 0 Å². The van der Waals surface area contributed by atoms with E-state index in [-0.39, 0.29) is 37.9 Å². The first-order chi connectivity index (χ1) is 22.7. The van der Waals surface area contributed by atoms with E-state index in [2.05, 4.69) is 23.4 Å². The Bertz CT molecular complexity index is 1300. The second kappa shape index (κ2) is 15.5. The van der Waals surface area contributed by atoms with Crippen LogP contribution in [0.4, 0.5) is 0 Å². The van der Waals surface area contributed by atoms with Crippen molar-refractivity contribution in [1.82, 2.24) is 20.0 Å². The highest BCUT2D eigenvalue weighted by Crippen LogP contribution is 2.59. The second-order valence-electron chi connectivity index (χ2n) is 12.8. The quantitative estimate of drug-likeness (QED) is 0.201. The van der Waals surface area contributed by atoms with Crippen LogP contribution in [0.1, 0.15) is 44.3 Å². The van der Waals surface area contributed by atoms with Crippen LogP contribution in [-0.2, 0) is 33.4 Å². The van der Waals surface area contributed by atoms with Gasteiger partial charge in [0.05, 0.1) is 50.3 Å². The molecule has 5 rings (SSSR count). The summed E-state index contributed by atoms with van der Waals surface area (Å²) in [7, 11) is 0. The van der Waals surface area contributed by atoms with Gasteiger partial charge in [-0.3, -0.25) is 24.1 Å². The van der Waals surface area contributed by atoms with Crippen LogP contribution in [0.15, 0.2) is 55.6 Å². The van der Waals surface area contributed by atoms with Gasteiger partial charge in [-0.25, -0.2) is 0 Å². The van der Waals surface area contributed by atoms with E-state index in [9.17, 15) is 24.3 Å². The molecular weight excluding hydrogens is 604 g/mol. The number of ether oxygens (including phenoxy) is 3. The van der Waals surface area contributed by atoms with Crippen LogP contribution >= 0.6 is 0 Å². The lowest BCUT2D eigenvalue weighted by Crippen LogP contribution is -2.59. The first kappa shape index (κ1) is 34.7. The number of aliphatic hydroxyl groups is 1. The van der Waals surface area contributed by atoms with Gasteiger partial charge in [0.1, 0.15) is 17.7 Å². The molecule has 256 valence electrons. The SMILES string of the molecule is C=CCCC(=O)NC[C@@H](OC(=O)[C@@H]1[C@H]2C(=O)N([C@H](C)CO)[C@H](C(=O)N(CC=C)CCN3CCOCC3)[C@]23CC[C@H]1O3)c1ccccc1. The molecule has 0 saturated carbocycles. The molecule has 4 fully saturated rings. The Morgan fingerprint density at radius 3 is 2.62 bits per heavy atom. The predicted octanol–water partition coefficient (Wildman–Crippen LogP) is 1.46. The molecule has 4 saturated heterocycles. The summed E-state index contributed by atoms with van der Waals surface area (Å²) < 4.78 is 18.1. The van der Waals surface area contributed by atoms with E-state index in [4.69, 9.17) is 14.2 Å². The molecule has 2 N–H and O–H groups in total. The molecule has 1 spiro atoms. The topological polar surface area (TPSA) is 138 Å². The van der Waals surface area contributed by atoms with E-state index in [1.165, 1.54) is 4.90 Å². The molecule has 3 amide bonds. The third kappa shape index (κ3) is 7.15. The van der Waals surface area contributed by atoms with Crippen LogP contribution < -0.4 is 5.32 Å². The van der Waals surface area contributed by atoms with Gasteiger partial charge in [-0.15, -0.1) is 13.2 Å². The first-order valence-corrected chi connectivity index (χ1v) is 16.7. The number of nitrogens with one attached hydrogen (secondary N) is 1. The lowest BCUT2D eigenvalue weighted by molar-refractivity contribution is -0.161. The van der Waals surface area contributed by atoms with Gasteiger partial charge in [0.15, 0.2) is 0 Å². The van der Waals surface area contributed by atoms with E-state index in [1.807, 2.05) is 30.3 Å². The standard InChI is InChI=1S/C35H48N4O8/c1-4-6-12-28(41)36-22-27(25-10-8-7-9-11-25)46-34(44)29-26-13-14-35(47-26)30(29)32(42)39(24(3)23-40)31(35)33(43)38(15-5-2)17-16-37-18-20-45-21-19-37/h4-5,7-11,24,26-27,29-31,40H,1-2,6,12-23H2,3H3,(H,36,41)/t24-,26-,27-,29+,30+,31-,35+/m1/s1. The average Bonchev–Trinajstić information content (AvgIpc) is 3.75. The molecule has 4 aliphatic rings. The number of nitrogens with zero attached hydrogens (tertiary/aromatic N) is 3. The smallest absolute Gasteiger partial charge is 0.313 e. The number of esters is 1. The number of aliphatic hydroxyl groups excluding tert-OH is 1. The van der Waals surface area contributed by atoms with Crippen LogP contribution in [0.2, 0.25) is 0 Å². The van der Waals surface area contributed by atoms with Crippen LogP contribution in [0, 0.1) is 11.8 Å². The van der Waals surface area contributed by atoms with Crippen molar-refractivity contribution in [3.8, 4) is 0 Å². The van der Waals surface area contributed by atoms with Crippen LogP contribution in [0.3, 0.4) is 0 Å². The molecule has 0 aromatic heterocycles. The van der Waals surface area contributed by atoms with E-state index in [1.54, 1.807) is 24.0 Å². The zero-order valence-corrected chi connectivity index (χ0v) is 27.3. The Morgan fingerprint density at radius 2 is 1.94 bits per heavy atom. The van der Waals surface area contributed by atoms with E-state index in [0.717, 1.165) is 13.1 Å². The first-order valence-electron chi connectivity index (χ1n) is 16.7. The zero-order chi connectivity index (χ0) is 33.6. The van der Waals surface area contributed by atoms with Crippen LogP contribution in [-0.4, -0.2) is 126 Å². The average molecular weight is 653 g/mol. The van der Waals surface area contributed by atoms with Gasteiger partial charge in [-0.05, 0) is 31.7 Å². The highest BCUT2D eigenvalue weighted by Gasteiger charge is 2.75. The lowest BCUT2D eigenvalue weighted by atomic mass is 9.70. The van der Waals surface area contributed by atoms with Crippen molar-refractivity contribution in [2.75, 3.05) is 59.1 Å². The van der Waals surface area contributed by atoms with Crippen molar-refractivity contribution in [1.29, 1.82) is 0 Å². The van der Waals surface area contributed by atoms with Gasteiger partial charge in [-0.1, -0.05) is 42.5 Å². The lowest BCUT2D eigenvalue weighted by Gasteiger charge is -2.39. The maximum absolute atomic E-state index is 14.5. The maximum atomic E-state index is 14.5. The summed E-state index contributed by atoms with van der Waals surface area (Å²) in [5.74, 6) is -3.36. The van der Waals surface area contributed by atoms with Crippen molar-refractivity contribution >= 4 is 23.7 Å². The number of amides is 3. The summed E-state index contributed by atoms with van der Waals surface area (Å²) in [4.78, 5) is 60.6. The number of carbonyl (C=O) groups is 4. The Kier molecular flexibility index (Phi) is 11.5. The predicted molar refractivity (Wildman–Crippen MR) is 173 cm³/mol. The summed E-state index contributed by atoms with van der Waals surface area (Å²) in [6, 6.07) is 7.44. The number of likely N-dealkylation sites (tertiary alicyclic amines) is 1. The zero-order valence-electron chi connectivity index (χ0n) is 27.3. The maximum Gasteiger partial charge on any atom is 0.313 e. The van der Waals surface area contributed by atoms with E-state index >= 15 is 0 Å². The van der Waals surface area contributed by atoms with Crippen molar-refractivity contribution in [3.05, 3.63) is 61.2 Å². The summed E-state index contributed by atoms with van der Waals surface area (Å²) in [6.07, 6.45) is 3.63. The van der Waals surface area contributed by atoms with Crippen LogP contribution in [0.25, 0.3) is 0 Å². The molecule has 0 aliphatic carbocycles. The molecular formula is C35H48N4O8. The van der Waals surface area contributed by atoms with Gasteiger partial charge in [-0.2, -0.15) is 0 Å². The molecule has 0 unspecified atom stereocenters. The molecule has 1 aromatic rings. The van der Waals surface area contributed by atoms with Crippen molar-refractivity contribution < 1.29 is 38.5 Å². The van der Waals surface area contributed by atoms with Crippen molar-refractivity contribution in [2.45, 2.75) is 62.5 Å². The Balaban J connectivity index is 1.39. The molecule has 1 aromatic carbocycles. The highest BCUT2D eigenvalue weighted by atomic mass is 16.6. The Morgan fingerprint density at radius 1 is 1.19 bits per heavy atom. The summed E-state index contributed by atoms with van der Waals surface area (Å²) >= 11 is 0. The van der Waals surface area contributed by atoms with E-state index < -0.39 is 53.6 Å². The minimum Gasteiger partial charge on any atom is -0.455 e. The number of carbonyl (C=O) groups excluding carboxylic acids is 4. The molecule has 4 heterocycles. The summed E-state index contributed by atoms with van der Waals surface area (Å²) in [5.41, 5.74) is -0.531. The van der Waals surface area contributed by atoms with Gasteiger partial charge in [0, 0.05) is 39.1 Å². The molecule has 12 heteroatoms. The van der Waals surface area contributed by atoms with Gasteiger partial charge in [0.2, 0.25) is 17.7 Å². The normalized spacial score (nSPS) is 28.0. The molecule has 12 nitrogen and oxygen atoms in total. The number of fused-ring (bicyclic) bond motifs is 1. The number of morpholine rings is 1. The fourth-order valence-corrected chi connectivity index (χ4v) is 7.55. The number of hydrogen-bond acceptors (Lipinski definition) is 9. The third-order valence-corrected chi connectivity index (χ3v) is 9.92. The van der Waals surface area contributed by atoms with Gasteiger partial charge < -0.3 is 34.4 Å². The number of allylic oxidation sites excluding steroid dienone is 1. The third-order valence-electron chi connectivity index (χ3n) is 9.92. The monoisotopic (exact) mass is 652 g/mol. The summed E-state index contributed by atoms with van der Waals surface area (Å²) in [5, 5.41) is 13.1. The fourth-order valence-electron chi connectivity index (χ4n) is 7.55. The minimum absolute atomic E-state index is 0.0577. The molecule has 47 heavy (non-hydrogen) atoms. The second-order valence-corrected chi connectivity index (χ2v) is 12.8. The van der Waals surface area contributed by atoms with Crippen molar-refractivity contribution in [2.24, 2.45) is 11.8 Å². The van der Waals surface area contributed by atoms with Gasteiger partial charge >= 0.3 is 5.97 Å². The molecule has 7 atom stereocenters. The van der Waals surface area contributed by atoms with Gasteiger partial charge in [0.25, 0.3) is 0 Å². The molecule has 2 bridgehead atoms. The number of hydrogen-bond donors (Lipinski definition) is 2. The molecule has 4 aliphatic heterocycles. The minimum atomic E-state index is -1.23. The van der Waals surface area contributed by atoms with E-state index in [0.29, 0.717) is 51.1 Å². The number of benzene rings is 1. The largest absolute Gasteiger partial charge is 0.455 e. The summed E-state index contributed by atoms with van der Waals surface area (Å²) in [6.45, 7) is 13.1. The Hall–Kier alpha value is -3.58. The Labute approximate surface area is 276 Å². The highest BCUT2D eigenvalue weighted by molar-refractivity contribution is 5.98. The van der Waals surface area contributed by atoms with Crippen LogP contribution in [0.5, 0.6) is 0 Å². The fraction of sp³-hybridized carbons (Fsp3) is 0.600.